The Balaban J connectivity index is 2.09. The van der Waals surface area contributed by atoms with E-state index in [2.05, 4.69) is 97.8 Å². The van der Waals surface area contributed by atoms with Gasteiger partial charge in [0.05, 0.1) is 6.04 Å². The Hall–Kier alpha value is -1.16. The maximum Gasteiger partial charge on any atom is 0.0585 e. The molecule has 0 bridgehead atoms. The highest BCUT2D eigenvalue weighted by Gasteiger charge is 2.15. The number of benzene rings is 3. The van der Waals surface area contributed by atoms with E-state index < -0.39 is 0 Å². The Morgan fingerprint density at radius 2 is 1.62 bits per heavy atom. The molecule has 3 rings (SSSR count). The molecule has 0 aromatic heterocycles. The van der Waals surface area contributed by atoms with Crippen LogP contribution in [0.25, 0.3) is 10.8 Å². The van der Waals surface area contributed by atoms with Gasteiger partial charge in [0.2, 0.25) is 0 Å². The van der Waals surface area contributed by atoms with Crippen LogP contribution in [0.3, 0.4) is 0 Å². The van der Waals surface area contributed by atoms with Crippen molar-refractivity contribution in [1.29, 1.82) is 0 Å². The zero-order chi connectivity index (χ0) is 14.8. The third-order valence-electron chi connectivity index (χ3n) is 3.67. The van der Waals surface area contributed by atoms with Crippen molar-refractivity contribution in [2.45, 2.75) is 6.04 Å². The molecule has 0 heterocycles. The predicted molar refractivity (Wildman–Crippen MR) is 96.7 cm³/mol. The quantitative estimate of drug-likeness (QED) is 0.592. The number of rotatable bonds is 3. The Bertz CT molecular complexity index is 783. The van der Waals surface area contributed by atoms with Crippen molar-refractivity contribution in [2.75, 3.05) is 7.05 Å². The molecule has 1 nitrogen and oxygen atoms in total. The van der Waals surface area contributed by atoms with E-state index in [9.17, 15) is 0 Å². The molecule has 0 aliphatic rings. The van der Waals surface area contributed by atoms with Crippen LogP contribution in [0.5, 0.6) is 0 Å². The van der Waals surface area contributed by atoms with Crippen LogP contribution in [-0.4, -0.2) is 7.05 Å². The molecule has 0 aliphatic carbocycles. The first-order chi connectivity index (χ1) is 10.2. The fraction of sp³-hybridized carbons (Fsp3) is 0.111. The molecule has 0 amide bonds. The molecule has 1 N–H and O–H groups in total. The molecule has 21 heavy (non-hydrogen) atoms. The summed E-state index contributed by atoms with van der Waals surface area (Å²) in [7, 11) is 1.99. The van der Waals surface area contributed by atoms with E-state index in [1.54, 1.807) is 0 Å². The Kier molecular flexibility index (Phi) is 4.43. The first kappa shape index (κ1) is 14.8. The molecule has 0 saturated carbocycles. The largest absolute Gasteiger partial charge is 0.309 e. The lowest BCUT2D eigenvalue weighted by molar-refractivity contribution is 0.689. The second kappa shape index (κ2) is 6.30. The molecule has 0 radical (unpaired) electrons. The van der Waals surface area contributed by atoms with E-state index in [1.807, 2.05) is 7.05 Å². The van der Waals surface area contributed by atoms with Crippen molar-refractivity contribution in [3.63, 3.8) is 0 Å². The van der Waals surface area contributed by atoms with Crippen molar-refractivity contribution < 1.29 is 0 Å². The molecule has 0 saturated heterocycles. The molecular formula is C18H15Br2N. The Morgan fingerprint density at radius 3 is 2.33 bits per heavy atom. The molecule has 3 aromatic rings. The summed E-state index contributed by atoms with van der Waals surface area (Å²) in [5.41, 5.74) is 2.50. The average Bonchev–Trinajstić information content (AvgIpc) is 2.50. The van der Waals surface area contributed by atoms with Crippen LogP contribution in [0.4, 0.5) is 0 Å². The lowest BCUT2D eigenvalue weighted by Gasteiger charge is -2.19. The van der Waals surface area contributed by atoms with Crippen LogP contribution >= 0.6 is 31.9 Å². The zero-order valence-corrected chi connectivity index (χ0v) is 14.8. The van der Waals surface area contributed by atoms with Crippen molar-refractivity contribution in [3.8, 4) is 0 Å². The van der Waals surface area contributed by atoms with Crippen molar-refractivity contribution in [1.82, 2.24) is 5.32 Å². The number of nitrogens with one attached hydrogen (secondary N) is 1. The van der Waals surface area contributed by atoms with Crippen molar-refractivity contribution in [3.05, 3.63) is 80.7 Å². The summed E-state index contributed by atoms with van der Waals surface area (Å²) in [5, 5.41) is 5.95. The fourth-order valence-electron chi connectivity index (χ4n) is 2.62. The van der Waals surface area contributed by atoms with Crippen LogP contribution in [0, 0.1) is 0 Å². The van der Waals surface area contributed by atoms with E-state index in [1.165, 1.54) is 21.9 Å². The molecule has 1 unspecified atom stereocenters. The molecule has 3 aromatic carbocycles. The predicted octanol–water partition coefficient (Wildman–Crippen LogP) is 5.67. The fourth-order valence-corrected chi connectivity index (χ4v) is 3.90. The molecule has 0 spiro atoms. The topological polar surface area (TPSA) is 12.0 Å². The van der Waals surface area contributed by atoms with Gasteiger partial charge in [0, 0.05) is 8.95 Å². The van der Waals surface area contributed by atoms with E-state index in [-0.39, 0.29) is 6.04 Å². The molecule has 0 fully saturated rings. The van der Waals surface area contributed by atoms with E-state index in [0.29, 0.717) is 0 Å². The molecule has 106 valence electrons. The highest BCUT2D eigenvalue weighted by Crippen LogP contribution is 2.31. The molecule has 0 aliphatic heterocycles. The highest BCUT2D eigenvalue weighted by atomic mass is 79.9. The summed E-state index contributed by atoms with van der Waals surface area (Å²) in [4.78, 5) is 0. The normalized spacial score (nSPS) is 12.5. The third kappa shape index (κ3) is 3.05. The van der Waals surface area contributed by atoms with Gasteiger partial charge in [0.25, 0.3) is 0 Å². The number of hydrogen-bond acceptors (Lipinski definition) is 1. The zero-order valence-electron chi connectivity index (χ0n) is 11.6. The minimum Gasteiger partial charge on any atom is -0.309 e. The minimum atomic E-state index is 0.164. The lowest BCUT2D eigenvalue weighted by atomic mass is 9.96. The molecular weight excluding hydrogens is 390 g/mol. The van der Waals surface area contributed by atoms with E-state index in [0.717, 1.165) is 8.95 Å². The van der Waals surface area contributed by atoms with E-state index in [4.69, 9.17) is 0 Å². The summed E-state index contributed by atoms with van der Waals surface area (Å²) < 4.78 is 2.18. The van der Waals surface area contributed by atoms with Gasteiger partial charge in [-0.3, -0.25) is 0 Å². The summed E-state index contributed by atoms with van der Waals surface area (Å²) in [6.45, 7) is 0. The van der Waals surface area contributed by atoms with Crippen molar-refractivity contribution >= 4 is 42.6 Å². The number of halogens is 2. The van der Waals surface area contributed by atoms with Crippen LogP contribution in [0.2, 0.25) is 0 Å². The molecule has 1 atom stereocenters. The van der Waals surface area contributed by atoms with Gasteiger partial charge in [-0.05, 0) is 47.1 Å². The third-order valence-corrected chi connectivity index (χ3v) is 4.85. The first-order valence-corrected chi connectivity index (χ1v) is 8.38. The van der Waals surface area contributed by atoms with E-state index >= 15 is 0 Å². The standard InChI is InChI=1S/C18H15Br2N/c1-21-18(16-9-8-15(19)11-17(16)20)14-7-6-12-4-2-3-5-13(12)10-14/h2-11,18,21H,1H3. The average molecular weight is 405 g/mol. The second-order valence-electron chi connectivity index (χ2n) is 4.99. The summed E-state index contributed by atoms with van der Waals surface area (Å²) in [5.74, 6) is 0. The van der Waals surface area contributed by atoms with Crippen LogP contribution < -0.4 is 5.32 Å². The maximum absolute atomic E-state index is 3.67. The van der Waals surface area contributed by atoms with Gasteiger partial charge in [-0.15, -0.1) is 0 Å². The van der Waals surface area contributed by atoms with Gasteiger partial charge in [-0.25, -0.2) is 0 Å². The number of fused-ring (bicyclic) bond motifs is 1. The van der Waals surface area contributed by atoms with Gasteiger partial charge in [-0.2, -0.15) is 0 Å². The van der Waals surface area contributed by atoms with Crippen LogP contribution in [-0.2, 0) is 0 Å². The van der Waals surface area contributed by atoms with Crippen molar-refractivity contribution in [2.24, 2.45) is 0 Å². The summed E-state index contributed by atoms with van der Waals surface area (Å²) in [6.07, 6.45) is 0. The van der Waals surface area contributed by atoms with Gasteiger partial charge in [0.1, 0.15) is 0 Å². The maximum atomic E-state index is 3.67. The highest BCUT2D eigenvalue weighted by molar-refractivity contribution is 9.11. The van der Waals surface area contributed by atoms with Gasteiger partial charge >= 0.3 is 0 Å². The molecule has 3 heteroatoms. The second-order valence-corrected chi connectivity index (χ2v) is 6.76. The summed E-state index contributed by atoms with van der Waals surface area (Å²) in [6, 6.07) is 21.5. The summed E-state index contributed by atoms with van der Waals surface area (Å²) >= 11 is 7.17. The Morgan fingerprint density at radius 1 is 0.857 bits per heavy atom. The van der Waals surface area contributed by atoms with Crippen LogP contribution in [0.15, 0.2) is 69.6 Å². The van der Waals surface area contributed by atoms with Gasteiger partial charge in [0.15, 0.2) is 0 Å². The van der Waals surface area contributed by atoms with Gasteiger partial charge in [-0.1, -0.05) is 74.3 Å². The SMILES string of the molecule is CNC(c1ccc2ccccc2c1)c1ccc(Br)cc1Br. The smallest absolute Gasteiger partial charge is 0.0585 e. The number of hydrogen-bond donors (Lipinski definition) is 1. The first-order valence-electron chi connectivity index (χ1n) is 6.80. The van der Waals surface area contributed by atoms with Gasteiger partial charge < -0.3 is 5.32 Å². The lowest BCUT2D eigenvalue weighted by Crippen LogP contribution is -2.18. The minimum absolute atomic E-state index is 0.164. The monoisotopic (exact) mass is 403 g/mol. The van der Waals surface area contributed by atoms with Crippen LogP contribution in [0.1, 0.15) is 17.2 Å². The Labute approximate surface area is 141 Å².